The lowest BCUT2D eigenvalue weighted by Gasteiger charge is -2.07. The number of aromatic amines is 1. The van der Waals surface area contributed by atoms with Gasteiger partial charge >= 0.3 is 5.69 Å². The van der Waals surface area contributed by atoms with E-state index in [1.54, 1.807) is 7.11 Å². The molecule has 0 amide bonds. The summed E-state index contributed by atoms with van der Waals surface area (Å²) in [6, 6.07) is 0. The van der Waals surface area contributed by atoms with Crippen molar-refractivity contribution >= 4 is 17.1 Å². The number of nitrogens with one attached hydrogen (secondary N) is 2. The maximum Gasteiger partial charge on any atom is 0.332 e. The average Bonchev–Trinajstić information content (AvgIpc) is 2.87. The van der Waals surface area contributed by atoms with Gasteiger partial charge in [0, 0.05) is 27.2 Å². The lowest BCUT2D eigenvalue weighted by atomic mass is 10.5. The van der Waals surface area contributed by atoms with Gasteiger partial charge in [-0.05, 0) is 0 Å². The fourth-order valence-electron chi connectivity index (χ4n) is 1.89. The number of aromatic nitrogens is 4. The Bertz CT molecular complexity index is 713. The summed E-state index contributed by atoms with van der Waals surface area (Å²) in [5.41, 5.74) is 5.17. The van der Waals surface area contributed by atoms with Gasteiger partial charge in [0.15, 0.2) is 11.2 Å². The van der Waals surface area contributed by atoms with Crippen LogP contribution < -0.4 is 22.3 Å². The quantitative estimate of drug-likeness (QED) is 0.589. The predicted molar refractivity (Wildman–Crippen MR) is 75.0 cm³/mol. The summed E-state index contributed by atoms with van der Waals surface area (Å²) in [7, 11) is 2.98. The molecule has 0 aliphatic heterocycles. The first-order valence-electron chi connectivity index (χ1n) is 6.22. The van der Waals surface area contributed by atoms with Gasteiger partial charge in [0.2, 0.25) is 5.95 Å². The molecule has 9 nitrogen and oxygen atoms in total. The van der Waals surface area contributed by atoms with Crippen molar-refractivity contribution in [2.24, 2.45) is 12.8 Å². The van der Waals surface area contributed by atoms with E-state index in [2.05, 4.69) is 15.3 Å². The Labute approximate surface area is 114 Å². The molecule has 0 saturated heterocycles. The third-order valence-electron chi connectivity index (χ3n) is 2.93. The van der Waals surface area contributed by atoms with Gasteiger partial charge in [-0.15, -0.1) is 0 Å². The fourth-order valence-corrected chi connectivity index (χ4v) is 1.89. The number of rotatable bonds is 6. The molecule has 0 saturated carbocycles. The second kappa shape index (κ2) is 5.88. The highest BCUT2D eigenvalue weighted by Gasteiger charge is 2.15. The number of anilines is 1. The van der Waals surface area contributed by atoms with Crippen LogP contribution in [0.5, 0.6) is 0 Å². The lowest BCUT2D eigenvalue weighted by molar-refractivity contribution is 0.186. The first kappa shape index (κ1) is 14.3. The number of hydrogen-bond donors (Lipinski definition) is 3. The Morgan fingerprint density at radius 3 is 2.85 bits per heavy atom. The van der Waals surface area contributed by atoms with Gasteiger partial charge in [0.05, 0.1) is 13.2 Å². The van der Waals surface area contributed by atoms with Crippen LogP contribution in [0.3, 0.4) is 0 Å². The molecular formula is C11H18N6O3. The number of nitrogens with zero attached hydrogens (tertiary/aromatic N) is 3. The number of fused-ring (bicyclic) bond motifs is 1. The number of H-pyrrole nitrogens is 1. The topological polar surface area (TPSA) is 120 Å². The molecule has 2 rings (SSSR count). The van der Waals surface area contributed by atoms with E-state index in [-0.39, 0.29) is 5.52 Å². The third kappa shape index (κ3) is 2.45. The Hall–Kier alpha value is -2.13. The van der Waals surface area contributed by atoms with Crippen molar-refractivity contribution in [2.75, 3.05) is 32.1 Å². The summed E-state index contributed by atoms with van der Waals surface area (Å²) in [5.74, 6) is 0.416. The summed E-state index contributed by atoms with van der Waals surface area (Å²) >= 11 is 0. The minimum Gasteiger partial charge on any atom is -0.383 e. The summed E-state index contributed by atoms with van der Waals surface area (Å²) in [6.45, 7) is 1.63. The maximum atomic E-state index is 12.1. The van der Waals surface area contributed by atoms with Crippen LogP contribution in [-0.2, 0) is 18.3 Å². The normalized spacial score (nSPS) is 11.2. The van der Waals surface area contributed by atoms with E-state index in [9.17, 15) is 9.59 Å². The van der Waals surface area contributed by atoms with Crippen LogP contribution in [0.25, 0.3) is 11.2 Å². The molecule has 0 aromatic carbocycles. The monoisotopic (exact) mass is 282 g/mol. The van der Waals surface area contributed by atoms with Crippen molar-refractivity contribution < 1.29 is 4.74 Å². The first-order chi connectivity index (χ1) is 9.60. The minimum atomic E-state index is -0.420. The Kier molecular flexibility index (Phi) is 4.20. The molecule has 0 fully saturated rings. The highest BCUT2D eigenvalue weighted by Crippen LogP contribution is 2.08. The standard InChI is InChI=1S/C11H18N6O3/c1-16-9(18)7-8(15-10(14-7)13-4-3-12)17(11(16)19)5-6-20-2/h3-6,12H2,1-2H3,(H2,13,14,15). The molecule has 0 atom stereocenters. The van der Waals surface area contributed by atoms with Crippen LogP contribution in [0.4, 0.5) is 5.95 Å². The molecule has 0 aliphatic carbocycles. The molecule has 0 bridgehead atoms. The van der Waals surface area contributed by atoms with Crippen molar-refractivity contribution in [3.63, 3.8) is 0 Å². The minimum absolute atomic E-state index is 0.280. The molecule has 20 heavy (non-hydrogen) atoms. The van der Waals surface area contributed by atoms with E-state index in [1.165, 1.54) is 11.6 Å². The second-order valence-corrected chi connectivity index (χ2v) is 4.29. The molecule has 4 N–H and O–H groups in total. The Balaban J connectivity index is 2.60. The number of ether oxygens (including phenoxy) is 1. The molecule has 0 unspecified atom stereocenters. The molecule has 2 aromatic heterocycles. The Morgan fingerprint density at radius 2 is 2.20 bits per heavy atom. The van der Waals surface area contributed by atoms with Crippen molar-refractivity contribution in [2.45, 2.75) is 6.54 Å². The van der Waals surface area contributed by atoms with Crippen LogP contribution >= 0.6 is 0 Å². The number of methoxy groups -OCH3 is 1. The lowest BCUT2D eigenvalue weighted by Crippen LogP contribution is -2.38. The SMILES string of the molecule is COCCn1c(=O)n(C)c(=O)c2[nH]c(NCCN)nc21. The summed E-state index contributed by atoms with van der Waals surface area (Å²) in [5, 5.41) is 2.95. The van der Waals surface area contributed by atoms with Gasteiger partial charge < -0.3 is 20.8 Å². The molecule has 9 heteroatoms. The van der Waals surface area contributed by atoms with Crippen molar-refractivity contribution in [1.29, 1.82) is 0 Å². The molecule has 2 aromatic rings. The zero-order valence-electron chi connectivity index (χ0n) is 11.5. The maximum absolute atomic E-state index is 12.1. The summed E-state index contributed by atoms with van der Waals surface area (Å²) in [4.78, 5) is 31.3. The van der Waals surface area contributed by atoms with E-state index in [0.717, 1.165) is 4.57 Å². The summed E-state index contributed by atoms with van der Waals surface area (Å²) in [6.07, 6.45) is 0. The van der Waals surface area contributed by atoms with E-state index >= 15 is 0 Å². The molecule has 0 spiro atoms. The van der Waals surface area contributed by atoms with Gasteiger partial charge in [-0.3, -0.25) is 13.9 Å². The zero-order valence-corrected chi connectivity index (χ0v) is 11.5. The fraction of sp³-hybridized carbons (Fsp3) is 0.545. The van der Waals surface area contributed by atoms with Gasteiger partial charge in [-0.1, -0.05) is 0 Å². The van der Waals surface area contributed by atoms with Crippen molar-refractivity contribution in [3.05, 3.63) is 20.8 Å². The summed E-state index contributed by atoms with van der Waals surface area (Å²) < 4.78 is 7.43. The highest BCUT2D eigenvalue weighted by molar-refractivity contribution is 5.72. The van der Waals surface area contributed by atoms with E-state index in [4.69, 9.17) is 10.5 Å². The van der Waals surface area contributed by atoms with Crippen LogP contribution in [0.2, 0.25) is 0 Å². The van der Waals surface area contributed by atoms with Crippen LogP contribution in [0.15, 0.2) is 9.59 Å². The molecular weight excluding hydrogens is 264 g/mol. The molecule has 0 radical (unpaired) electrons. The predicted octanol–water partition coefficient (Wildman–Crippen LogP) is -1.56. The number of imidazole rings is 1. The van der Waals surface area contributed by atoms with Crippen LogP contribution in [0.1, 0.15) is 0 Å². The van der Waals surface area contributed by atoms with Crippen LogP contribution in [0, 0.1) is 0 Å². The number of nitrogens with two attached hydrogens (primary N) is 1. The largest absolute Gasteiger partial charge is 0.383 e. The van der Waals surface area contributed by atoms with Gasteiger partial charge in [-0.25, -0.2) is 4.79 Å². The van der Waals surface area contributed by atoms with Gasteiger partial charge in [0.25, 0.3) is 5.56 Å². The van der Waals surface area contributed by atoms with Crippen molar-refractivity contribution in [3.8, 4) is 0 Å². The highest BCUT2D eigenvalue weighted by atomic mass is 16.5. The van der Waals surface area contributed by atoms with Crippen molar-refractivity contribution in [1.82, 2.24) is 19.1 Å². The van der Waals surface area contributed by atoms with Gasteiger partial charge in [0.1, 0.15) is 0 Å². The smallest absolute Gasteiger partial charge is 0.332 e. The Morgan fingerprint density at radius 1 is 1.45 bits per heavy atom. The molecule has 2 heterocycles. The average molecular weight is 282 g/mol. The van der Waals surface area contributed by atoms with E-state index in [0.29, 0.717) is 37.8 Å². The first-order valence-corrected chi connectivity index (χ1v) is 6.22. The van der Waals surface area contributed by atoms with E-state index in [1.807, 2.05) is 0 Å². The molecule has 110 valence electrons. The third-order valence-corrected chi connectivity index (χ3v) is 2.93. The molecule has 0 aliphatic rings. The second-order valence-electron chi connectivity index (χ2n) is 4.29. The van der Waals surface area contributed by atoms with Gasteiger partial charge in [-0.2, -0.15) is 4.98 Å². The number of hydrogen-bond acceptors (Lipinski definition) is 6. The zero-order chi connectivity index (χ0) is 14.7. The van der Waals surface area contributed by atoms with Crippen LogP contribution in [-0.4, -0.2) is 45.9 Å². The van der Waals surface area contributed by atoms with E-state index < -0.39 is 11.2 Å².